The smallest absolute Gasteiger partial charge is 0.399 e. The largest absolute Gasteiger partial charge is 0.495 e. The summed E-state index contributed by atoms with van der Waals surface area (Å²) >= 11 is 0. The van der Waals surface area contributed by atoms with Crippen LogP contribution in [-0.4, -0.2) is 23.4 Å². The zero-order valence-electron chi connectivity index (χ0n) is 13.6. The van der Waals surface area contributed by atoms with E-state index >= 15 is 0 Å². The Hall–Kier alpha value is -0.835. The molecule has 0 unspecified atom stereocenters. The molecule has 0 amide bonds. The SMILES string of the molecule is Cc1cc(C)c(B2OC(C)(C)C(C)(C)O2)c(C)c1CO. The lowest BCUT2D eigenvalue weighted by Gasteiger charge is -2.32. The van der Waals surface area contributed by atoms with Gasteiger partial charge in [0.1, 0.15) is 0 Å². The number of hydrogen-bond donors (Lipinski definition) is 1. The maximum atomic E-state index is 9.58. The molecule has 20 heavy (non-hydrogen) atoms. The van der Waals surface area contributed by atoms with Crippen molar-refractivity contribution < 1.29 is 14.4 Å². The van der Waals surface area contributed by atoms with Crippen molar-refractivity contribution in [3.8, 4) is 0 Å². The molecule has 0 spiro atoms. The second-order valence-electron chi connectivity index (χ2n) is 6.77. The minimum absolute atomic E-state index is 0.0461. The van der Waals surface area contributed by atoms with Crippen LogP contribution in [0.5, 0.6) is 0 Å². The first-order valence-corrected chi connectivity index (χ1v) is 7.17. The zero-order chi connectivity index (χ0) is 15.3. The summed E-state index contributed by atoms with van der Waals surface area (Å²) in [7, 11) is -0.370. The molecule has 0 bridgehead atoms. The first-order chi connectivity index (χ1) is 9.10. The Labute approximate surface area is 122 Å². The Morgan fingerprint density at radius 3 is 1.95 bits per heavy atom. The van der Waals surface area contributed by atoms with Crippen molar-refractivity contribution in [1.29, 1.82) is 0 Å². The Morgan fingerprint density at radius 2 is 1.50 bits per heavy atom. The molecule has 1 aromatic carbocycles. The van der Waals surface area contributed by atoms with Crippen LogP contribution in [0, 0.1) is 20.8 Å². The molecular weight excluding hydrogens is 251 g/mol. The molecule has 3 nitrogen and oxygen atoms in total. The Morgan fingerprint density at radius 1 is 1.00 bits per heavy atom. The van der Waals surface area contributed by atoms with Gasteiger partial charge in [0, 0.05) is 0 Å². The van der Waals surface area contributed by atoms with Gasteiger partial charge >= 0.3 is 7.12 Å². The second kappa shape index (κ2) is 4.87. The molecule has 2 rings (SSSR count). The van der Waals surface area contributed by atoms with Crippen LogP contribution >= 0.6 is 0 Å². The van der Waals surface area contributed by atoms with E-state index in [1.54, 1.807) is 0 Å². The second-order valence-corrected chi connectivity index (χ2v) is 6.77. The van der Waals surface area contributed by atoms with Gasteiger partial charge in [-0.25, -0.2) is 0 Å². The highest BCUT2D eigenvalue weighted by Gasteiger charge is 2.52. The maximum absolute atomic E-state index is 9.58. The van der Waals surface area contributed by atoms with Crippen LogP contribution in [0.3, 0.4) is 0 Å². The molecule has 1 heterocycles. The normalized spacial score (nSPS) is 20.5. The molecule has 1 aliphatic rings. The quantitative estimate of drug-likeness (QED) is 0.843. The average Bonchev–Trinajstić information content (AvgIpc) is 2.47. The highest BCUT2D eigenvalue weighted by atomic mass is 16.7. The number of aryl methyl sites for hydroxylation is 2. The molecule has 1 aromatic rings. The molecule has 0 aromatic heterocycles. The van der Waals surface area contributed by atoms with Gasteiger partial charge in [-0.15, -0.1) is 0 Å². The van der Waals surface area contributed by atoms with Crippen LogP contribution in [0.15, 0.2) is 6.07 Å². The lowest BCUT2D eigenvalue weighted by Crippen LogP contribution is -2.41. The van der Waals surface area contributed by atoms with Crippen LogP contribution in [0.4, 0.5) is 0 Å². The van der Waals surface area contributed by atoms with E-state index in [9.17, 15) is 5.11 Å². The molecule has 0 aliphatic carbocycles. The van der Waals surface area contributed by atoms with E-state index in [2.05, 4.69) is 40.7 Å². The van der Waals surface area contributed by atoms with Gasteiger partial charge in [0.15, 0.2) is 0 Å². The van der Waals surface area contributed by atoms with Gasteiger partial charge in [0.25, 0.3) is 0 Å². The van der Waals surface area contributed by atoms with Crippen LogP contribution < -0.4 is 5.46 Å². The molecule has 110 valence electrons. The Kier molecular flexibility index (Phi) is 3.78. The molecular formula is C16H25BO3. The van der Waals surface area contributed by atoms with E-state index in [4.69, 9.17) is 9.31 Å². The highest BCUT2D eigenvalue weighted by Crippen LogP contribution is 2.37. The summed E-state index contributed by atoms with van der Waals surface area (Å²) in [5.74, 6) is 0. The van der Waals surface area contributed by atoms with Gasteiger partial charge in [0.05, 0.1) is 17.8 Å². The molecule has 1 aliphatic heterocycles. The Balaban J connectivity index is 2.50. The lowest BCUT2D eigenvalue weighted by molar-refractivity contribution is 0.00578. The molecule has 0 atom stereocenters. The fourth-order valence-corrected chi connectivity index (χ4v) is 2.81. The third kappa shape index (κ3) is 2.30. The number of benzene rings is 1. The van der Waals surface area contributed by atoms with E-state index in [1.165, 1.54) is 0 Å². The lowest BCUT2D eigenvalue weighted by atomic mass is 9.71. The predicted octanol–water partition coefficient (Wildman–Crippen LogP) is 2.40. The van der Waals surface area contributed by atoms with Crippen molar-refractivity contribution in [2.24, 2.45) is 0 Å². The van der Waals surface area contributed by atoms with Crippen LogP contribution in [0.2, 0.25) is 0 Å². The number of hydrogen-bond acceptors (Lipinski definition) is 3. The van der Waals surface area contributed by atoms with Gasteiger partial charge in [0.2, 0.25) is 0 Å². The number of aliphatic hydroxyl groups is 1. The summed E-state index contributed by atoms with van der Waals surface area (Å²) in [6.07, 6.45) is 0. The van der Waals surface area contributed by atoms with Crippen molar-refractivity contribution >= 4 is 12.6 Å². The van der Waals surface area contributed by atoms with Crippen molar-refractivity contribution in [2.75, 3.05) is 0 Å². The van der Waals surface area contributed by atoms with Crippen molar-refractivity contribution in [1.82, 2.24) is 0 Å². The minimum Gasteiger partial charge on any atom is -0.399 e. The molecule has 4 heteroatoms. The summed E-state index contributed by atoms with van der Waals surface area (Å²) in [5.41, 5.74) is 4.67. The first-order valence-electron chi connectivity index (χ1n) is 7.17. The molecule has 1 fully saturated rings. The van der Waals surface area contributed by atoms with Crippen molar-refractivity contribution in [3.63, 3.8) is 0 Å². The zero-order valence-corrected chi connectivity index (χ0v) is 13.6. The predicted molar refractivity (Wildman–Crippen MR) is 82.3 cm³/mol. The fourth-order valence-electron chi connectivity index (χ4n) is 2.81. The molecule has 1 saturated heterocycles. The van der Waals surface area contributed by atoms with Crippen LogP contribution in [0.25, 0.3) is 0 Å². The topological polar surface area (TPSA) is 38.7 Å². The van der Waals surface area contributed by atoms with E-state index in [0.717, 1.165) is 27.7 Å². The average molecular weight is 276 g/mol. The summed E-state index contributed by atoms with van der Waals surface area (Å²) < 4.78 is 12.3. The summed E-state index contributed by atoms with van der Waals surface area (Å²) in [5, 5.41) is 9.58. The van der Waals surface area contributed by atoms with E-state index < -0.39 is 0 Å². The van der Waals surface area contributed by atoms with Gasteiger partial charge in [-0.2, -0.15) is 0 Å². The third-order valence-corrected chi connectivity index (χ3v) is 4.84. The van der Waals surface area contributed by atoms with E-state index in [-0.39, 0.29) is 24.9 Å². The van der Waals surface area contributed by atoms with Crippen LogP contribution in [-0.2, 0) is 15.9 Å². The van der Waals surface area contributed by atoms with E-state index in [0.29, 0.717) is 0 Å². The van der Waals surface area contributed by atoms with Crippen molar-refractivity contribution in [2.45, 2.75) is 66.3 Å². The number of rotatable bonds is 2. The van der Waals surface area contributed by atoms with Gasteiger partial charge < -0.3 is 14.4 Å². The van der Waals surface area contributed by atoms with Gasteiger partial charge in [-0.3, -0.25) is 0 Å². The molecule has 0 saturated carbocycles. The first kappa shape index (κ1) is 15.6. The minimum atomic E-state index is -0.370. The Bertz CT molecular complexity index is 519. The van der Waals surface area contributed by atoms with Gasteiger partial charge in [-0.05, 0) is 70.6 Å². The highest BCUT2D eigenvalue weighted by molar-refractivity contribution is 6.63. The third-order valence-electron chi connectivity index (χ3n) is 4.84. The summed E-state index contributed by atoms with van der Waals surface area (Å²) in [6, 6.07) is 2.10. The summed E-state index contributed by atoms with van der Waals surface area (Å²) in [4.78, 5) is 0. The summed E-state index contributed by atoms with van der Waals surface area (Å²) in [6.45, 7) is 14.4. The van der Waals surface area contributed by atoms with Gasteiger partial charge in [-0.1, -0.05) is 11.6 Å². The molecule has 0 radical (unpaired) electrons. The standard InChI is InChI=1S/C16H25BO3/c1-10-8-11(2)14(12(3)13(10)9-18)17-19-15(4,5)16(6,7)20-17/h8,18H,9H2,1-7H3. The number of aliphatic hydroxyl groups excluding tert-OH is 1. The van der Waals surface area contributed by atoms with Crippen LogP contribution in [0.1, 0.15) is 49.9 Å². The maximum Gasteiger partial charge on any atom is 0.495 e. The van der Waals surface area contributed by atoms with E-state index in [1.807, 2.05) is 13.8 Å². The van der Waals surface area contributed by atoms with Crippen molar-refractivity contribution in [3.05, 3.63) is 28.3 Å². The monoisotopic (exact) mass is 276 g/mol. The fraction of sp³-hybridized carbons (Fsp3) is 0.625. The molecule has 1 N–H and O–H groups in total.